The van der Waals surface area contributed by atoms with Gasteiger partial charge >= 0.3 is 24.3 Å². The average Bonchev–Trinajstić information content (AvgIpc) is 3.37. The highest BCUT2D eigenvalue weighted by atomic mass is 35.5. The third-order valence-electron chi connectivity index (χ3n) is 12.7. The average molecular weight is 1040 g/mol. The smallest absolute Gasteiger partial charge is 0.433 e. The summed E-state index contributed by atoms with van der Waals surface area (Å²) in [5.74, 6) is -4.66. The van der Waals surface area contributed by atoms with Gasteiger partial charge in [0.15, 0.2) is 5.60 Å². The lowest BCUT2D eigenvalue weighted by Crippen LogP contribution is -2.50. The molecule has 0 aliphatic rings. The number of carbonyl (C=O) groups excluding carboxylic acids is 2. The first-order valence-electron chi connectivity index (χ1n) is 22.7. The van der Waals surface area contributed by atoms with E-state index in [1.54, 1.807) is 79.7 Å². The number of nitrogens with zero attached hydrogens (tertiary/aromatic N) is 2. The monoisotopic (exact) mass is 1040 g/mol. The minimum atomic E-state index is -5.25. The van der Waals surface area contributed by atoms with E-state index in [1.807, 2.05) is 0 Å². The van der Waals surface area contributed by atoms with Gasteiger partial charge in [-0.3, -0.25) is 9.97 Å². The second-order valence-corrected chi connectivity index (χ2v) is 18.0. The summed E-state index contributed by atoms with van der Waals surface area (Å²) in [5, 5.41) is 12.0. The zero-order valence-electron chi connectivity index (χ0n) is 39.1. The Kier molecular flexibility index (Phi) is 15.1. The number of aliphatic hydroxyl groups is 1. The standard InChI is InChI=1S/C56H44Cl2F6N2O7/c1-4-70-51(67)37-17-13-35(14-18-37)31-72-44-22-24-46(48(58)28-44)34(3)54(56(62,63)64,42-26-40-10-6-8-12-50(40)66-30-42)73-52(68)38-19-15-36(16-20-38)32-71-43-21-23-45(47(57)27-43)33(2)53(69,55(59,60)61)41-25-39-9-5-7-11-49(39)65-29-41/h5-30,33-34,69H,4,31-32H2,1-3H3. The summed E-state index contributed by atoms with van der Waals surface area (Å²) in [7, 11) is 0. The lowest BCUT2D eigenvalue weighted by atomic mass is 9.77. The molecule has 9 nitrogen and oxygen atoms in total. The van der Waals surface area contributed by atoms with Crippen LogP contribution in [0, 0.1) is 0 Å². The first-order chi connectivity index (χ1) is 34.7. The maximum Gasteiger partial charge on any atom is 0.433 e. The molecule has 0 spiro atoms. The molecule has 0 amide bonds. The molecule has 0 fully saturated rings. The van der Waals surface area contributed by atoms with Crippen molar-refractivity contribution in [1.82, 2.24) is 9.97 Å². The van der Waals surface area contributed by atoms with Crippen LogP contribution in [0.25, 0.3) is 21.8 Å². The zero-order chi connectivity index (χ0) is 52.3. The van der Waals surface area contributed by atoms with Gasteiger partial charge < -0.3 is 24.1 Å². The fourth-order valence-corrected chi connectivity index (χ4v) is 9.31. The molecule has 1 N–H and O–H groups in total. The molecule has 0 radical (unpaired) electrons. The molecule has 8 aromatic rings. The van der Waals surface area contributed by atoms with Crippen LogP contribution in [0.15, 0.2) is 158 Å². The molecule has 4 unspecified atom stereocenters. The van der Waals surface area contributed by atoms with Crippen LogP contribution in [0.2, 0.25) is 10.0 Å². The molecule has 0 saturated carbocycles. The number of hydrogen-bond donors (Lipinski definition) is 1. The number of hydrogen-bond acceptors (Lipinski definition) is 9. The topological polar surface area (TPSA) is 117 Å². The summed E-state index contributed by atoms with van der Waals surface area (Å²) in [6.45, 7) is 4.27. The third kappa shape index (κ3) is 10.7. The normalized spacial score (nSPS) is 14.4. The van der Waals surface area contributed by atoms with Gasteiger partial charge in [-0.25, -0.2) is 9.59 Å². The fourth-order valence-electron chi connectivity index (χ4n) is 8.65. The Morgan fingerprint density at radius 2 is 1.03 bits per heavy atom. The van der Waals surface area contributed by atoms with E-state index < -0.39 is 58.5 Å². The number of esters is 2. The number of aromatic nitrogens is 2. The van der Waals surface area contributed by atoms with Crippen LogP contribution in [0.1, 0.15) is 86.7 Å². The molecular weight excluding hydrogens is 998 g/mol. The Morgan fingerprint density at radius 3 is 1.49 bits per heavy atom. The van der Waals surface area contributed by atoms with Crippen molar-refractivity contribution in [3.63, 3.8) is 0 Å². The number of benzene rings is 6. The highest BCUT2D eigenvalue weighted by Gasteiger charge is 2.64. The van der Waals surface area contributed by atoms with Gasteiger partial charge in [0.2, 0.25) is 5.60 Å². The predicted molar refractivity (Wildman–Crippen MR) is 264 cm³/mol. The van der Waals surface area contributed by atoms with Crippen LogP contribution in [-0.4, -0.2) is 46.0 Å². The van der Waals surface area contributed by atoms with E-state index in [-0.39, 0.29) is 58.1 Å². The van der Waals surface area contributed by atoms with Crippen molar-refractivity contribution in [1.29, 1.82) is 0 Å². The molecule has 6 aromatic carbocycles. The molecule has 2 heterocycles. The maximum absolute atomic E-state index is 16.1. The van der Waals surface area contributed by atoms with Gasteiger partial charge in [-0.15, -0.1) is 0 Å². The SMILES string of the molecule is CCOC(=O)c1ccc(COc2ccc(C(C)C(OC(=O)c3ccc(COc4ccc(C(C)C(O)(c5cnc6ccccc6c5)C(F)(F)F)c(Cl)c4)cc3)(c3cnc4ccccc4c3)C(F)(F)F)c(Cl)c2)cc1. The van der Waals surface area contributed by atoms with Gasteiger partial charge in [0.05, 0.1) is 28.8 Å². The first-order valence-corrected chi connectivity index (χ1v) is 23.5. The maximum atomic E-state index is 16.1. The summed E-state index contributed by atoms with van der Waals surface area (Å²) in [6, 6.07) is 35.8. The van der Waals surface area contributed by atoms with Crippen molar-refractivity contribution < 1.29 is 60.0 Å². The van der Waals surface area contributed by atoms with E-state index in [0.29, 0.717) is 38.5 Å². The van der Waals surface area contributed by atoms with Crippen LogP contribution in [0.5, 0.6) is 11.5 Å². The molecular formula is C56H44Cl2F6N2O7. The Labute approximate surface area is 425 Å². The highest BCUT2D eigenvalue weighted by molar-refractivity contribution is 6.32. The number of alkyl halides is 6. The van der Waals surface area contributed by atoms with E-state index in [4.69, 9.17) is 42.1 Å². The van der Waals surface area contributed by atoms with E-state index in [0.717, 1.165) is 12.4 Å². The summed E-state index contributed by atoms with van der Waals surface area (Å²) in [6.07, 6.45) is -8.36. The fraction of sp³-hybridized carbons (Fsp3) is 0.214. The predicted octanol–water partition coefficient (Wildman–Crippen LogP) is 14.4. The molecule has 4 atom stereocenters. The molecule has 73 heavy (non-hydrogen) atoms. The van der Waals surface area contributed by atoms with Gasteiger partial charge in [-0.2, -0.15) is 26.3 Å². The summed E-state index contributed by atoms with van der Waals surface area (Å²) in [5.41, 5.74) is -5.54. The van der Waals surface area contributed by atoms with E-state index in [9.17, 15) is 27.9 Å². The van der Waals surface area contributed by atoms with Crippen molar-refractivity contribution in [3.05, 3.63) is 213 Å². The number of fused-ring (bicyclic) bond motifs is 2. The molecule has 0 aliphatic carbocycles. The van der Waals surface area contributed by atoms with E-state index >= 15 is 13.2 Å². The molecule has 0 bridgehead atoms. The second kappa shape index (κ2) is 21.1. The minimum Gasteiger partial charge on any atom is -0.489 e. The Bertz CT molecular complexity index is 3300. The summed E-state index contributed by atoms with van der Waals surface area (Å²) < 4.78 is 115. The van der Waals surface area contributed by atoms with Gasteiger partial charge in [0.25, 0.3) is 0 Å². The number of ether oxygens (including phenoxy) is 4. The lowest BCUT2D eigenvalue weighted by molar-refractivity contribution is -0.274. The number of carbonyl (C=O) groups is 2. The highest BCUT2D eigenvalue weighted by Crippen LogP contribution is 2.54. The van der Waals surface area contributed by atoms with Crippen molar-refractivity contribution in [2.24, 2.45) is 0 Å². The van der Waals surface area contributed by atoms with Crippen molar-refractivity contribution >= 4 is 56.9 Å². The third-order valence-corrected chi connectivity index (χ3v) is 13.4. The molecule has 2 aromatic heterocycles. The van der Waals surface area contributed by atoms with Gasteiger partial charge in [-0.1, -0.05) is 110 Å². The summed E-state index contributed by atoms with van der Waals surface area (Å²) in [4.78, 5) is 34.5. The minimum absolute atomic E-state index is 0.0144. The van der Waals surface area contributed by atoms with Gasteiger partial charge in [0, 0.05) is 56.2 Å². The summed E-state index contributed by atoms with van der Waals surface area (Å²) >= 11 is 13.3. The molecule has 0 saturated heterocycles. The second-order valence-electron chi connectivity index (χ2n) is 17.2. The van der Waals surface area contributed by atoms with E-state index in [2.05, 4.69) is 9.97 Å². The Hall–Kier alpha value is -7.20. The van der Waals surface area contributed by atoms with Crippen LogP contribution in [-0.2, 0) is 33.9 Å². The van der Waals surface area contributed by atoms with Crippen molar-refractivity contribution in [3.8, 4) is 11.5 Å². The molecule has 17 heteroatoms. The number of halogens is 8. The van der Waals surface area contributed by atoms with Crippen LogP contribution in [0.3, 0.4) is 0 Å². The number of para-hydroxylation sites is 2. The van der Waals surface area contributed by atoms with Crippen LogP contribution in [0.4, 0.5) is 26.3 Å². The van der Waals surface area contributed by atoms with Crippen LogP contribution >= 0.6 is 23.2 Å². The van der Waals surface area contributed by atoms with Crippen LogP contribution < -0.4 is 9.47 Å². The molecule has 0 aliphatic heterocycles. The first kappa shape index (κ1) is 52.1. The quantitative estimate of drug-likeness (QED) is 0.0746. The Morgan fingerprint density at radius 1 is 0.575 bits per heavy atom. The van der Waals surface area contributed by atoms with Gasteiger partial charge in [-0.05, 0) is 102 Å². The van der Waals surface area contributed by atoms with Crippen molar-refractivity contribution in [2.75, 3.05) is 6.61 Å². The van der Waals surface area contributed by atoms with Crippen molar-refractivity contribution in [2.45, 2.75) is 69.4 Å². The zero-order valence-corrected chi connectivity index (χ0v) is 40.6. The van der Waals surface area contributed by atoms with E-state index in [1.165, 1.54) is 86.6 Å². The van der Waals surface area contributed by atoms with Gasteiger partial charge in [0.1, 0.15) is 24.7 Å². The molecule has 8 rings (SSSR count). The lowest BCUT2D eigenvalue weighted by Gasteiger charge is -2.40. The number of pyridine rings is 2. The molecule has 376 valence electrons. The Balaban J connectivity index is 1.01. The number of rotatable bonds is 16. The largest absolute Gasteiger partial charge is 0.489 e.